The molecule has 0 spiro atoms. The molecule has 0 radical (unpaired) electrons. The molecule has 0 fully saturated rings. The molecule has 14 aromatic carbocycles. The van der Waals surface area contributed by atoms with Crippen LogP contribution in [-0.4, -0.2) is 30.6 Å². The van der Waals surface area contributed by atoms with Crippen LogP contribution in [0.25, 0.3) is 43.4 Å². The van der Waals surface area contributed by atoms with Crippen molar-refractivity contribution in [1.82, 2.24) is 0 Å². The maximum atomic E-state index is 11.1. The quantitative estimate of drug-likeness (QED) is 0.0467. The van der Waals surface area contributed by atoms with Crippen LogP contribution in [0.4, 0.5) is 0 Å². The Labute approximate surface area is 562 Å². The molecule has 0 aliphatic carbocycles. The van der Waals surface area contributed by atoms with Gasteiger partial charge >= 0.3 is 0 Å². The largest absolute Gasteiger partial charge is 0.508 e. The van der Waals surface area contributed by atoms with Gasteiger partial charge in [-0.2, -0.15) is 0 Å². The molecule has 0 aliphatic heterocycles. The first-order valence-corrected chi connectivity index (χ1v) is 33.8. The van der Waals surface area contributed by atoms with Gasteiger partial charge in [-0.15, -0.1) is 0 Å². The van der Waals surface area contributed by atoms with Crippen LogP contribution in [-0.2, 0) is 5.41 Å². The Morgan fingerprint density at radius 2 is 0.691 bits per heavy atom. The zero-order chi connectivity index (χ0) is 65.6. The first-order valence-electron chi connectivity index (χ1n) is 31.3. The zero-order valence-corrected chi connectivity index (χ0v) is 55.6. The molecule has 14 rings (SSSR count). The topological polar surface area (TPSA) is 121 Å². The van der Waals surface area contributed by atoms with Crippen LogP contribution in [0.15, 0.2) is 308 Å². The van der Waals surface area contributed by atoms with Gasteiger partial charge in [0.25, 0.3) is 0 Å². The minimum absolute atomic E-state index is 0.0173. The predicted octanol–water partition coefficient (Wildman–Crippen LogP) is 22.9. The van der Waals surface area contributed by atoms with Crippen molar-refractivity contribution >= 4 is 67.6 Å². The van der Waals surface area contributed by atoms with Gasteiger partial charge in [-0.05, 0) is 219 Å². The van der Waals surface area contributed by atoms with Gasteiger partial charge in [-0.1, -0.05) is 219 Å². The van der Waals surface area contributed by atoms with Crippen LogP contribution in [0.3, 0.4) is 0 Å². The van der Waals surface area contributed by atoms with Crippen molar-refractivity contribution < 1.29 is 30.6 Å². The molecule has 0 heterocycles. The van der Waals surface area contributed by atoms with Crippen LogP contribution >= 0.6 is 35.3 Å². The van der Waals surface area contributed by atoms with E-state index in [1.54, 1.807) is 71.7 Å². The molecule has 466 valence electrons. The van der Waals surface area contributed by atoms with Crippen molar-refractivity contribution in [2.24, 2.45) is 0 Å². The van der Waals surface area contributed by atoms with Crippen molar-refractivity contribution in [2.45, 2.75) is 88.2 Å². The third kappa shape index (κ3) is 13.9. The Morgan fingerprint density at radius 1 is 0.309 bits per heavy atom. The van der Waals surface area contributed by atoms with E-state index in [4.69, 9.17) is 0 Å². The normalized spacial score (nSPS) is 12.0. The maximum absolute atomic E-state index is 11.1. The summed E-state index contributed by atoms with van der Waals surface area (Å²) in [5.41, 5.74) is 11.8. The monoisotopic (exact) mass is 1280 g/mol. The summed E-state index contributed by atoms with van der Waals surface area (Å²) in [4.78, 5) is 6.31. The molecule has 6 nitrogen and oxygen atoms in total. The molecule has 2 atom stereocenters. The molecule has 0 saturated carbocycles. The number of aromatic hydroxyl groups is 6. The number of aryl methyl sites for hydroxylation is 3. The molecular weight excluding hydrogens is 1210 g/mol. The summed E-state index contributed by atoms with van der Waals surface area (Å²) in [5.74, 6) is 1.88. The average Bonchev–Trinajstić information content (AvgIpc) is 0.745. The first kappa shape index (κ1) is 64.1. The molecule has 2 unspecified atom stereocenters. The lowest BCUT2D eigenvalue weighted by atomic mass is 9.70. The molecule has 6 N–H and O–H groups in total. The highest BCUT2D eigenvalue weighted by atomic mass is 32.2. The van der Waals surface area contributed by atoms with Gasteiger partial charge in [0.05, 0.1) is 0 Å². The molecule has 0 bridgehead atoms. The summed E-state index contributed by atoms with van der Waals surface area (Å²) in [5, 5.41) is 69.2. The van der Waals surface area contributed by atoms with E-state index >= 15 is 0 Å². The third-order valence-electron chi connectivity index (χ3n) is 17.8. The summed E-state index contributed by atoms with van der Waals surface area (Å²) in [6.45, 7) is 12.3. The highest BCUT2D eigenvalue weighted by molar-refractivity contribution is 7.99. The van der Waals surface area contributed by atoms with E-state index < -0.39 is 5.41 Å². The summed E-state index contributed by atoms with van der Waals surface area (Å²) >= 11 is 4.87. The second-order valence-electron chi connectivity index (χ2n) is 24.1. The number of phenolic OH excluding ortho intramolecular Hbond substituents is 6. The minimum atomic E-state index is -0.511. The Hall–Kier alpha value is -10.0. The Bertz CT molecular complexity index is 4870. The molecule has 14 aromatic rings. The van der Waals surface area contributed by atoms with Crippen molar-refractivity contribution in [3.63, 3.8) is 0 Å². The second kappa shape index (κ2) is 28.1. The van der Waals surface area contributed by atoms with Crippen LogP contribution in [0, 0.1) is 20.8 Å². The van der Waals surface area contributed by atoms with E-state index in [0.29, 0.717) is 17.2 Å². The molecule has 0 saturated heterocycles. The Morgan fingerprint density at radius 3 is 1.16 bits per heavy atom. The van der Waals surface area contributed by atoms with E-state index in [0.717, 1.165) is 79.4 Å². The number of rotatable bonds is 14. The van der Waals surface area contributed by atoms with E-state index in [-0.39, 0.29) is 29.1 Å². The van der Waals surface area contributed by atoms with Crippen LogP contribution < -0.4 is 0 Å². The first-order chi connectivity index (χ1) is 45.5. The van der Waals surface area contributed by atoms with Gasteiger partial charge in [0, 0.05) is 63.3 Å². The molecule has 0 aromatic heterocycles. The maximum Gasteiger partial charge on any atom is 0.122 e. The van der Waals surface area contributed by atoms with Gasteiger partial charge in [-0.3, -0.25) is 0 Å². The lowest BCUT2D eigenvalue weighted by Crippen LogP contribution is -2.25. The summed E-state index contributed by atoms with van der Waals surface area (Å²) < 4.78 is 0. The van der Waals surface area contributed by atoms with Gasteiger partial charge in [-0.25, -0.2) is 0 Å². The van der Waals surface area contributed by atoms with Crippen LogP contribution in [0.5, 0.6) is 34.5 Å². The number of hydrogen-bond acceptors (Lipinski definition) is 9. The average molecular weight is 1290 g/mol. The van der Waals surface area contributed by atoms with Crippen molar-refractivity contribution in [3.05, 3.63) is 335 Å². The third-order valence-corrected chi connectivity index (χ3v) is 20.8. The summed E-state index contributed by atoms with van der Waals surface area (Å²) in [7, 11) is 0. The van der Waals surface area contributed by atoms with E-state index in [1.165, 1.54) is 49.0 Å². The minimum Gasteiger partial charge on any atom is -0.508 e. The lowest BCUT2D eigenvalue weighted by molar-refractivity contribution is 0.452. The standard InChI is InChI=1S/C31H24O2S.2C27H24O2S/c1-18-16-25(34-24-12-10-23(32)11-13-24)17-28(31(18)33)19(2)26-14-8-22-7-6-20-4-3-5-21-9-15-27(26)30(22)29(20)21;1-19-17-24(30-23-15-13-22(28)14-16-23)18-25(26(19)29)27(2,20-9-5-3-6-10-20)21-11-7-4-8-12-21;1-18-16-25(30-24-14-12-23(28)13-15-24)17-26(27(18)29)19(2)20-8-10-22(11-9-20)21-6-4-3-5-7-21/h3-17,19,32-33H,1-2H3;3-18,28-29H,1-2H3;3-17,19,28-29H,1-2H3. The van der Waals surface area contributed by atoms with Gasteiger partial charge in [0.15, 0.2) is 0 Å². The van der Waals surface area contributed by atoms with E-state index in [9.17, 15) is 30.6 Å². The molecule has 0 aliphatic rings. The van der Waals surface area contributed by atoms with E-state index in [2.05, 4.69) is 154 Å². The second-order valence-corrected chi connectivity index (χ2v) is 27.5. The summed E-state index contributed by atoms with van der Waals surface area (Å²) in [6, 6.07) is 93.1. The highest BCUT2D eigenvalue weighted by Crippen LogP contribution is 2.48. The Balaban J connectivity index is 0.000000136. The predicted molar refractivity (Wildman–Crippen MR) is 391 cm³/mol. The smallest absolute Gasteiger partial charge is 0.122 e. The van der Waals surface area contributed by atoms with Crippen molar-refractivity contribution in [3.8, 4) is 45.6 Å². The fourth-order valence-electron chi connectivity index (χ4n) is 12.6. The molecule has 94 heavy (non-hydrogen) atoms. The Kier molecular flexibility index (Phi) is 19.1. The number of hydrogen-bond donors (Lipinski definition) is 6. The van der Waals surface area contributed by atoms with E-state index in [1.807, 2.05) is 130 Å². The van der Waals surface area contributed by atoms with Crippen LogP contribution in [0.2, 0.25) is 0 Å². The zero-order valence-electron chi connectivity index (χ0n) is 53.1. The molecule has 0 amide bonds. The fourth-order valence-corrected chi connectivity index (χ4v) is 15.4. The van der Waals surface area contributed by atoms with Crippen molar-refractivity contribution in [1.29, 1.82) is 0 Å². The fraction of sp³-hybridized carbons (Fsp3) is 0.106. The lowest BCUT2D eigenvalue weighted by Gasteiger charge is -2.33. The SMILES string of the molecule is Cc1cc(Sc2ccc(O)cc2)cc(C(C)(c2ccccc2)c2ccccc2)c1O.Cc1cc(Sc2ccc(O)cc2)cc(C(C)c2ccc(-c3ccccc3)cc2)c1O.Cc1cc(Sc2ccc(O)cc2)cc(C(C)c2ccc3ccc4cccc5ccc2c3c45)c1O. The molecular formula is C85H72O6S3. The van der Waals surface area contributed by atoms with Gasteiger partial charge < -0.3 is 30.6 Å². The summed E-state index contributed by atoms with van der Waals surface area (Å²) in [6.07, 6.45) is 0. The number of benzene rings is 14. The van der Waals surface area contributed by atoms with Crippen LogP contribution in [0.1, 0.15) is 88.2 Å². The number of phenols is 6. The van der Waals surface area contributed by atoms with Gasteiger partial charge in [0.1, 0.15) is 34.5 Å². The highest BCUT2D eigenvalue weighted by Gasteiger charge is 2.34. The van der Waals surface area contributed by atoms with Gasteiger partial charge in [0.2, 0.25) is 0 Å². The van der Waals surface area contributed by atoms with Crippen molar-refractivity contribution in [2.75, 3.05) is 0 Å². The molecule has 9 heteroatoms.